The maximum atomic E-state index is 12.8. The largest absolute Gasteiger partial charge is 0.309 e. The molecule has 2 unspecified atom stereocenters. The molecule has 0 saturated carbocycles. The van der Waals surface area contributed by atoms with Crippen molar-refractivity contribution < 1.29 is 13.0 Å². The van der Waals surface area contributed by atoms with Crippen molar-refractivity contribution in [1.29, 1.82) is 0 Å². The van der Waals surface area contributed by atoms with E-state index in [9.17, 15) is 13.0 Å². The van der Waals surface area contributed by atoms with Crippen molar-refractivity contribution in [3.8, 4) is 0 Å². The van der Waals surface area contributed by atoms with Crippen LogP contribution in [0.2, 0.25) is 0 Å². The lowest BCUT2D eigenvalue weighted by Gasteiger charge is -2.12. The van der Waals surface area contributed by atoms with Gasteiger partial charge in [-0.2, -0.15) is 0 Å². The Morgan fingerprint density at radius 1 is 1.31 bits per heavy atom. The molecule has 1 N–H and O–H groups in total. The van der Waals surface area contributed by atoms with Crippen LogP contribution in [0.5, 0.6) is 0 Å². The summed E-state index contributed by atoms with van der Waals surface area (Å²) in [6, 6.07) is 3.46. The van der Waals surface area contributed by atoms with Crippen LogP contribution in [-0.2, 0) is 17.3 Å². The summed E-state index contributed by atoms with van der Waals surface area (Å²) >= 11 is 0. The van der Waals surface area contributed by atoms with Gasteiger partial charge in [-0.05, 0) is 24.6 Å². The zero-order valence-corrected chi connectivity index (χ0v) is 10.1. The topological polar surface area (TPSA) is 29.1 Å². The summed E-state index contributed by atoms with van der Waals surface area (Å²) in [4.78, 5) is 0. The molecule has 0 aromatic heterocycles. The SMILES string of the molecule is CC(CS(C)=O)NCc1cc(F)cc(F)c1. The number of benzene rings is 1. The minimum atomic E-state index is -0.873. The van der Waals surface area contributed by atoms with Crippen LogP contribution in [0.4, 0.5) is 8.78 Å². The molecule has 90 valence electrons. The lowest BCUT2D eigenvalue weighted by Crippen LogP contribution is -2.30. The first-order valence-electron chi connectivity index (χ1n) is 4.95. The molecule has 2 nitrogen and oxygen atoms in total. The van der Waals surface area contributed by atoms with Crippen molar-refractivity contribution in [2.24, 2.45) is 0 Å². The third-order valence-corrected chi connectivity index (χ3v) is 3.03. The first kappa shape index (κ1) is 13.3. The molecular formula is C11H15F2NOS. The summed E-state index contributed by atoms with van der Waals surface area (Å²) in [6.07, 6.45) is 1.63. The molecule has 5 heteroatoms. The normalized spacial score (nSPS) is 14.8. The molecule has 0 radical (unpaired) electrons. The van der Waals surface area contributed by atoms with Gasteiger partial charge in [0.05, 0.1) is 0 Å². The second-order valence-electron chi connectivity index (χ2n) is 3.80. The van der Waals surface area contributed by atoms with Crippen LogP contribution < -0.4 is 5.32 Å². The lowest BCUT2D eigenvalue weighted by atomic mass is 10.2. The molecule has 0 bridgehead atoms. The lowest BCUT2D eigenvalue weighted by molar-refractivity contribution is 0.560. The van der Waals surface area contributed by atoms with Gasteiger partial charge in [-0.15, -0.1) is 0 Å². The number of nitrogens with one attached hydrogen (secondary N) is 1. The van der Waals surface area contributed by atoms with Gasteiger partial charge < -0.3 is 5.32 Å². The monoisotopic (exact) mass is 247 g/mol. The van der Waals surface area contributed by atoms with Crippen molar-refractivity contribution in [2.45, 2.75) is 19.5 Å². The van der Waals surface area contributed by atoms with Gasteiger partial charge in [0, 0.05) is 41.5 Å². The van der Waals surface area contributed by atoms with Gasteiger partial charge in [-0.25, -0.2) is 8.78 Å². The van der Waals surface area contributed by atoms with Gasteiger partial charge in [0.15, 0.2) is 0 Å². The second kappa shape index (κ2) is 6.06. The van der Waals surface area contributed by atoms with Crippen LogP contribution in [0.1, 0.15) is 12.5 Å². The Hall–Kier alpha value is -0.810. The van der Waals surface area contributed by atoms with Crippen LogP contribution >= 0.6 is 0 Å². The molecular weight excluding hydrogens is 232 g/mol. The molecule has 0 amide bonds. The van der Waals surface area contributed by atoms with E-state index in [1.54, 1.807) is 6.26 Å². The van der Waals surface area contributed by atoms with Gasteiger partial charge in [0.1, 0.15) is 11.6 Å². The van der Waals surface area contributed by atoms with E-state index >= 15 is 0 Å². The van der Waals surface area contributed by atoms with Gasteiger partial charge in [-0.3, -0.25) is 4.21 Å². The highest BCUT2D eigenvalue weighted by molar-refractivity contribution is 7.84. The second-order valence-corrected chi connectivity index (χ2v) is 5.28. The molecule has 1 aromatic carbocycles. The van der Waals surface area contributed by atoms with E-state index in [1.807, 2.05) is 6.92 Å². The summed E-state index contributed by atoms with van der Waals surface area (Å²) < 4.78 is 36.6. The number of rotatable bonds is 5. The first-order chi connectivity index (χ1) is 7.47. The molecule has 1 aromatic rings. The third-order valence-electron chi connectivity index (χ3n) is 2.06. The Labute approximate surface area is 96.5 Å². The summed E-state index contributed by atoms with van der Waals surface area (Å²) in [5.41, 5.74) is 0.547. The Bertz CT molecular complexity index is 364. The summed E-state index contributed by atoms with van der Waals surface area (Å²) in [5.74, 6) is -0.635. The molecule has 0 heterocycles. The maximum Gasteiger partial charge on any atom is 0.126 e. The molecule has 0 saturated heterocycles. The van der Waals surface area contributed by atoms with E-state index in [0.717, 1.165) is 6.07 Å². The standard InChI is InChI=1S/C11H15F2NOS/c1-8(7-16(2)15)14-6-9-3-10(12)5-11(13)4-9/h3-5,8,14H,6-7H2,1-2H3. The highest BCUT2D eigenvalue weighted by atomic mass is 32.2. The van der Waals surface area contributed by atoms with Crippen molar-refractivity contribution in [1.82, 2.24) is 5.32 Å². The van der Waals surface area contributed by atoms with Gasteiger partial charge in [0.2, 0.25) is 0 Å². The minimum Gasteiger partial charge on any atom is -0.309 e. The van der Waals surface area contributed by atoms with E-state index < -0.39 is 22.4 Å². The predicted octanol–water partition coefficient (Wildman–Crippen LogP) is 1.82. The number of halogens is 2. The fraction of sp³-hybridized carbons (Fsp3) is 0.455. The summed E-state index contributed by atoms with van der Waals surface area (Å²) in [6.45, 7) is 2.25. The highest BCUT2D eigenvalue weighted by Crippen LogP contribution is 2.07. The van der Waals surface area contributed by atoms with E-state index in [4.69, 9.17) is 0 Å². The van der Waals surface area contributed by atoms with Crippen LogP contribution in [-0.4, -0.2) is 22.3 Å². The average molecular weight is 247 g/mol. The number of hydrogen-bond donors (Lipinski definition) is 1. The third kappa shape index (κ3) is 4.81. The Kier molecular flexibility index (Phi) is 5.02. The van der Waals surface area contributed by atoms with Gasteiger partial charge in [-0.1, -0.05) is 0 Å². The fourth-order valence-electron chi connectivity index (χ4n) is 1.42. The van der Waals surface area contributed by atoms with Crippen LogP contribution in [0.15, 0.2) is 18.2 Å². The van der Waals surface area contributed by atoms with Crippen molar-refractivity contribution in [3.63, 3.8) is 0 Å². The van der Waals surface area contributed by atoms with E-state index in [1.165, 1.54) is 12.1 Å². The Morgan fingerprint density at radius 2 is 1.88 bits per heavy atom. The molecule has 0 fully saturated rings. The first-order valence-corrected chi connectivity index (χ1v) is 6.68. The molecule has 0 aliphatic rings. The predicted molar refractivity (Wildman–Crippen MR) is 61.6 cm³/mol. The Balaban J connectivity index is 2.51. The molecule has 0 spiro atoms. The zero-order valence-electron chi connectivity index (χ0n) is 9.30. The van der Waals surface area contributed by atoms with E-state index in [0.29, 0.717) is 17.9 Å². The molecule has 0 aliphatic heterocycles. The quantitative estimate of drug-likeness (QED) is 0.860. The van der Waals surface area contributed by atoms with Crippen molar-refractivity contribution in [3.05, 3.63) is 35.4 Å². The van der Waals surface area contributed by atoms with Crippen molar-refractivity contribution >= 4 is 10.8 Å². The maximum absolute atomic E-state index is 12.8. The summed E-state index contributed by atoms with van der Waals surface area (Å²) in [5, 5.41) is 3.06. The van der Waals surface area contributed by atoms with Crippen LogP contribution in [0, 0.1) is 11.6 Å². The molecule has 0 aliphatic carbocycles. The minimum absolute atomic E-state index is 0.0529. The summed E-state index contributed by atoms with van der Waals surface area (Å²) in [7, 11) is -0.873. The Morgan fingerprint density at radius 3 is 2.38 bits per heavy atom. The van der Waals surface area contributed by atoms with E-state index in [-0.39, 0.29) is 6.04 Å². The highest BCUT2D eigenvalue weighted by Gasteiger charge is 2.05. The smallest absolute Gasteiger partial charge is 0.126 e. The van der Waals surface area contributed by atoms with Gasteiger partial charge in [0.25, 0.3) is 0 Å². The number of hydrogen-bond acceptors (Lipinski definition) is 2. The van der Waals surface area contributed by atoms with Gasteiger partial charge >= 0.3 is 0 Å². The van der Waals surface area contributed by atoms with Crippen LogP contribution in [0.3, 0.4) is 0 Å². The fourth-order valence-corrected chi connectivity index (χ4v) is 2.24. The zero-order chi connectivity index (χ0) is 12.1. The van der Waals surface area contributed by atoms with Crippen LogP contribution in [0.25, 0.3) is 0 Å². The van der Waals surface area contributed by atoms with Crippen molar-refractivity contribution in [2.75, 3.05) is 12.0 Å². The molecule has 16 heavy (non-hydrogen) atoms. The van der Waals surface area contributed by atoms with E-state index in [2.05, 4.69) is 5.32 Å². The molecule has 1 rings (SSSR count). The average Bonchev–Trinajstić information content (AvgIpc) is 2.12. The molecule has 2 atom stereocenters.